The molecule has 0 saturated carbocycles. The average Bonchev–Trinajstić information content (AvgIpc) is 2.72. The van der Waals surface area contributed by atoms with Gasteiger partial charge in [-0.1, -0.05) is 0 Å². The third-order valence-corrected chi connectivity index (χ3v) is 2.58. The maximum atomic E-state index is 9.08. The van der Waals surface area contributed by atoms with E-state index >= 15 is 0 Å². The Labute approximate surface area is 86.3 Å². The molecule has 0 fully saturated rings. The van der Waals surface area contributed by atoms with Crippen LogP contribution in [0.1, 0.15) is 5.56 Å². The molecule has 0 spiro atoms. The van der Waals surface area contributed by atoms with Crippen molar-refractivity contribution >= 4 is 5.70 Å². The minimum absolute atomic E-state index is 0.0508. The van der Waals surface area contributed by atoms with Crippen molar-refractivity contribution in [1.82, 2.24) is 10.5 Å². The van der Waals surface area contributed by atoms with E-state index in [9.17, 15) is 0 Å². The molecule has 1 aromatic heterocycles. The van der Waals surface area contributed by atoms with E-state index in [4.69, 9.17) is 14.7 Å². The first-order valence-corrected chi connectivity index (χ1v) is 4.74. The second kappa shape index (κ2) is 3.22. The van der Waals surface area contributed by atoms with E-state index in [0.29, 0.717) is 12.5 Å². The molecule has 78 valence electrons. The van der Waals surface area contributed by atoms with Gasteiger partial charge >= 0.3 is 0 Å². The van der Waals surface area contributed by atoms with Gasteiger partial charge in [-0.15, -0.1) is 0 Å². The second-order valence-corrected chi connectivity index (χ2v) is 3.44. The SMILES string of the molecule is OCC1ONC2=C1COc1ncccc12. The Morgan fingerprint density at radius 1 is 1.60 bits per heavy atom. The summed E-state index contributed by atoms with van der Waals surface area (Å²) in [6, 6.07) is 3.75. The highest BCUT2D eigenvalue weighted by atomic mass is 16.7. The molecule has 2 N–H and O–H groups in total. The number of nitrogens with one attached hydrogen (secondary N) is 1. The number of aliphatic hydroxyl groups is 1. The fourth-order valence-corrected chi connectivity index (χ4v) is 1.81. The van der Waals surface area contributed by atoms with Crippen LogP contribution in [0.25, 0.3) is 5.70 Å². The Bertz CT molecular complexity index is 430. The molecular weight excluding hydrogens is 196 g/mol. The Balaban J connectivity index is 2.09. The van der Waals surface area contributed by atoms with E-state index < -0.39 is 0 Å². The third-order valence-electron chi connectivity index (χ3n) is 2.58. The lowest BCUT2D eigenvalue weighted by Crippen LogP contribution is -2.21. The lowest BCUT2D eigenvalue weighted by Gasteiger charge is -2.17. The number of nitrogens with zero attached hydrogens (tertiary/aromatic N) is 1. The van der Waals surface area contributed by atoms with E-state index in [1.54, 1.807) is 6.20 Å². The summed E-state index contributed by atoms with van der Waals surface area (Å²) in [4.78, 5) is 9.34. The predicted molar refractivity (Wildman–Crippen MR) is 51.7 cm³/mol. The molecule has 1 unspecified atom stereocenters. The number of rotatable bonds is 1. The monoisotopic (exact) mass is 206 g/mol. The molecule has 5 nitrogen and oxygen atoms in total. The van der Waals surface area contributed by atoms with Gasteiger partial charge in [0.2, 0.25) is 5.88 Å². The van der Waals surface area contributed by atoms with Crippen molar-refractivity contribution in [2.45, 2.75) is 6.10 Å². The van der Waals surface area contributed by atoms with Gasteiger partial charge in [0.1, 0.15) is 12.7 Å². The third kappa shape index (κ3) is 1.20. The fourth-order valence-electron chi connectivity index (χ4n) is 1.81. The van der Waals surface area contributed by atoms with Crippen LogP contribution in [0.2, 0.25) is 0 Å². The average molecular weight is 206 g/mol. The number of hydroxylamine groups is 1. The zero-order chi connectivity index (χ0) is 10.3. The molecule has 0 radical (unpaired) electrons. The van der Waals surface area contributed by atoms with Crippen LogP contribution in [0.15, 0.2) is 23.9 Å². The molecule has 3 heterocycles. The number of fused-ring (bicyclic) bond motifs is 2. The molecule has 0 saturated heterocycles. The minimum Gasteiger partial charge on any atom is -0.472 e. The van der Waals surface area contributed by atoms with Gasteiger partial charge in [0.15, 0.2) is 0 Å². The first kappa shape index (κ1) is 8.70. The highest BCUT2D eigenvalue weighted by Gasteiger charge is 2.32. The summed E-state index contributed by atoms with van der Waals surface area (Å²) >= 11 is 0. The van der Waals surface area contributed by atoms with Gasteiger partial charge in [-0.2, -0.15) is 0 Å². The molecule has 1 aromatic rings. The van der Waals surface area contributed by atoms with Crippen molar-refractivity contribution in [3.63, 3.8) is 0 Å². The van der Waals surface area contributed by atoms with Crippen LogP contribution in [0.3, 0.4) is 0 Å². The molecule has 15 heavy (non-hydrogen) atoms. The van der Waals surface area contributed by atoms with Crippen LogP contribution in [-0.4, -0.2) is 29.4 Å². The van der Waals surface area contributed by atoms with E-state index in [2.05, 4.69) is 10.5 Å². The molecule has 0 aliphatic carbocycles. The molecule has 2 aliphatic rings. The number of ether oxygens (including phenoxy) is 1. The number of hydrogen-bond donors (Lipinski definition) is 2. The molecule has 3 rings (SSSR count). The first-order chi connectivity index (χ1) is 7.40. The molecular formula is C10H10N2O3. The van der Waals surface area contributed by atoms with Crippen molar-refractivity contribution < 1.29 is 14.7 Å². The van der Waals surface area contributed by atoms with E-state index in [-0.39, 0.29) is 12.7 Å². The number of hydrogen-bond acceptors (Lipinski definition) is 5. The summed E-state index contributed by atoms with van der Waals surface area (Å²) < 4.78 is 5.47. The summed E-state index contributed by atoms with van der Waals surface area (Å²) in [6.45, 7) is 0.363. The summed E-state index contributed by atoms with van der Waals surface area (Å²) in [7, 11) is 0. The minimum atomic E-state index is -0.312. The van der Waals surface area contributed by atoms with E-state index in [1.165, 1.54) is 0 Å². The molecule has 1 atom stereocenters. The van der Waals surface area contributed by atoms with Crippen LogP contribution in [0.4, 0.5) is 0 Å². The van der Waals surface area contributed by atoms with Gasteiger partial charge in [-0.3, -0.25) is 10.3 Å². The van der Waals surface area contributed by atoms with Crippen molar-refractivity contribution in [3.05, 3.63) is 29.5 Å². The molecule has 0 amide bonds. The summed E-state index contributed by atoms with van der Waals surface area (Å²) in [5.74, 6) is 0.603. The fraction of sp³-hybridized carbons (Fsp3) is 0.300. The first-order valence-electron chi connectivity index (χ1n) is 4.74. The highest BCUT2D eigenvalue weighted by Crippen LogP contribution is 2.34. The Kier molecular flexibility index (Phi) is 1.87. The molecule has 2 aliphatic heterocycles. The maximum Gasteiger partial charge on any atom is 0.223 e. The predicted octanol–water partition coefficient (Wildman–Crippen LogP) is 0.0808. The second-order valence-electron chi connectivity index (χ2n) is 3.44. The van der Waals surface area contributed by atoms with Gasteiger partial charge < -0.3 is 9.84 Å². The Hall–Kier alpha value is -1.59. The quantitative estimate of drug-likeness (QED) is 0.681. The number of aromatic nitrogens is 1. The van der Waals surface area contributed by atoms with Crippen LogP contribution in [0, 0.1) is 0 Å². The number of aliphatic hydroxyl groups excluding tert-OH is 1. The molecule has 5 heteroatoms. The lowest BCUT2D eigenvalue weighted by atomic mass is 10.0. The van der Waals surface area contributed by atoms with Crippen molar-refractivity contribution in [1.29, 1.82) is 0 Å². The Morgan fingerprint density at radius 3 is 3.40 bits per heavy atom. The van der Waals surface area contributed by atoms with Crippen LogP contribution >= 0.6 is 0 Å². The Morgan fingerprint density at radius 2 is 2.53 bits per heavy atom. The summed E-state index contributed by atoms with van der Waals surface area (Å²) in [6.07, 6.45) is 1.37. The topological polar surface area (TPSA) is 63.6 Å². The zero-order valence-corrected chi connectivity index (χ0v) is 7.93. The zero-order valence-electron chi connectivity index (χ0n) is 7.93. The largest absolute Gasteiger partial charge is 0.472 e. The standard InChI is InChI=1S/C10H10N2O3/c13-4-8-7-5-14-10-6(2-1-3-11-10)9(7)12-15-8/h1-3,8,12-13H,4-5H2. The lowest BCUT2D eigenvalue weighted by molar-refractivity contribution is 0.0105. The van der Waals surface area contributed by atoms with E-state index in [0.717, 1.165) is 16.8 Å². The van der Waals surface area contributed by atoms with Crippen LogP contribution < -0.4 is 10.2 Å². The van der Waals surface area contributed by atoms with Gasteiger partial charge in [-0.25, -0.2) is 4.98 Å². The summed E-state index contributed by atoms with van der Waals surface area (Å²) in [5.41, 5.74) is 5.52. The van der Waals surface area contributed by atoms with Gasteiger partial charge in [0.25, 0.3) is 0 Å². The van der Waals surface area contributed by atoms with Crippen molar-refractivity contribution in [3.8, 4) is 5.88 Å². The van der Waals surface area contributed by atoms with Gasteiger partial charge in [0.05, 0.1) is 17.9 Å². The van der Waals surface area contributed by atoms with Gasteiger partial charge in [0, 0.05) is 11.8 Å². The molecule has 0 bridgehead atoms. The molecule has 0 aromatic carbocycles. The summed E-state index contributed by atoms with van der Waals surface area (Å²) in [5, 5.41) is 9.08. The smallest absolute Gasteiger partial charge is 0.223 e. The van der Waals surface area contributed by atoms with Crippen molar-refractivity contribution in [2.75, 3.05) is 13.2 Å². The normalized spacial score (nSPS) is 22.9. The maximum absolute atomic E-state index is 9.08. The van der Waals surface area contributed by atoms with Gasteiger partial charge in [-0.05, 0) is 12.1 Å². The van der Waals surface area contributed by atoms with Crippen LogP contribution in [-0.2, 0) is 4.84 Å². The van der Waals surface area contributed by atoms with Crippen LogP contribution in [0.5, 0.6) is 5.88 Å². The van der Waals surface area contributed by atoms with E-state index in [1.807, 2.05) is 12.1 Å². The van der Waals surface area contributed by atoms with Crippen molar-refractivity contribution in [2.24, 2.45) is 0 Å². The number of pyridine rings is 1. The highest BCUT2D eigenvalue weighted by molar-refractivity contribution is 5.73.